The molecule has 0 saturated heterocycles. The molecule has 1 aromatic carbocycles. The van der Waals surface area contributed by atoms with Crippen molar-refractivity contribution in [3.63, 3.8) is 0 Å². The lowest BCUT2D eigenvalue weighted by molar-refractivity contribution is 0.217. The predicted molar refractivity (Wildman–Crippen MR) is 62.1 cm³/mol. The van der Waals surface area contributed by atoms with Gasteiger partial charge in [0.25, 0.3) is 0 Å². The van der Waals surface area contributed by atoms with Gasteiger partial charge in [-0.2, -0.15) is 0 Å². The summed E-state index contributed by atoms with van der Waals surface area (Å²) in [5.41, 5.74) is 0.834. The number of ether oxygens (including phenoxy) is 1. The molecule has 1 heterocycles. The van der Waals surface area contributed by atoms with E-state index in [0.717, 1.165) is 10.2 Å². The molecule has 0 aliphatic carbocycles. The highest BCUT2D eigenvalue weighted by Crippen LogP contribution is 2.42. The van der Waals surface area contributed by atoms with Crippen molar-refractivity contribution >= 4 is 21.6 Å². The number of fused-ring (bicyclic) bond motifs is 1. The van der Waals surface area contributed by atoms with Gasteiger partial charge in [0.05, 0.1) is 11.2 Å². The normalized spacial score (nSPS) is 18.3. The standard InChI is InChI=1S/C11H13BrFNO/c1-11(2)6-15-9-5-7(13)4-8(12)10(9)14(11)3/h4-5H,6H2,1-3H3. The Morgan fingerprint density at radius 3 is 2.80 bits per heavy atom. The van der Waals surface area contributed by atoms with Crippen molar-refractivity contribution in [3.05, 3.63) is 22.4 Å². The van der Waals surface area contributed by atoms with Crippen LogP contribution in [-0.4, -0.2) is 19.2 Å². The molecular formula is C11H13BrFNO. The maximum absolute atomic E-state index is 13.1. The highest BCUT2D eigenvalue weighted by atomic mass is 79.9. The van der Waals surface area contributed by atoms with E-state index in [0.29, 0.717) is 12.4 Å². The largest absolute Gasteiger partial charge is 0.489 e. The van der Waals surface area contributed by atoms with Crippen LogP contribution in [0.3, 0.4) is 0 Å². The van der Waals surface area contributed by atoms with Gasteiger partial charge in [-0.25, -0.2) is 4.39 Å². The molecule has 0 fully saturated rings. The van der Waals surface area contributed by atoms with E-state index < -0.39 is 0 Å². The van der Waals surface area contributed by atoms with Crippen LogP contribution in [0.15, 0.2) is 16.6 Å². The molecule has 0 radical (unpaired) electrons. The SMILES string of the molecule is CN1c2c(Br)cc(F)cc2OCC1(C)C. The van der Waals surface area contributed by atoms with E-state index in [9.17, 15) is 4.39 Å². The van der Waals surface area contributed by atoms with Gasteiger partial charge in [0.1, 0.15) is 18.2 Å². The number of benzene rings is 1. The Hall–Kier alpha value is -0.770. The van der Waals surface area contributed by atoms with Gasteiger partial charge in [-0.05, 0) is 35.8 Å². The molecule has 0 aromatic heterocycles. The van der Waals surface area contributed by atoms with E-state index in [2.05, 4.69) is 34.7 Å². The number of nitrogens with zero attached hydrogens (tertiary/aromatic N) is 1. The second-order valence-corrected chi connectivity index (χ2v) is 5.25. The minimum absolute atomic E-state index is 0.0760. The summed E-state index contributed by atoms with van der Waals surface area (Å²) in [6, 6.07) is 2.88. The minimum atomic E-state index is -0.284. The van der Waals surface area contributed by atoms with Crippen molar-refractivity contribution in [1.29, 1.82) is 0 Å². The van der Waals surface area contributed by atoms with E-state index >= 15 is 0 Å². The van der Waals surface area contributed by atoms with Crippen molar-refractivity contribution in [1.82, 2.24) is 0 Å². The summed E-state index contributed by atoms with van der Waals surface area (Å²) < 4.78 is 19.4. The second kappa shape index (κ2) is 3.37. The predicted octanol–water partition coefficient (Wildman–Crippen LogP) is 3.20. The number of anilines is 1. The number of likely N-dealkylation sites (N-methyl/N-ethyl adjacent to an activating group) is 1. The van der Waals surface area contributed by atoms with Gasteiger partial charge in [-0.15, -0.1) is 0 Å². The van der Waals surface area contributed by atoms with E-state index in [1.54, 1.807) is 0 Å². The first-order valence-corrected chi connectivity index (χ1v) is 5.57. The summed E-state index contributed by atoms with van der Waals surface area (Å²) in [6.07, 6.45) is 0. The molecule has 2 rings (SSSR count). The molecule has 0 saturated carbocycles. The molecule has 1 aromatic rings. The molecule has 15 heavy (non-hydrogen) atoms. The fraction of sp³-hybridized carbons (Fsp3) is 0.455. The fourth-order valence-electron chi connectivity index (χ4n) is 1.63. The van der Waals surface area contributed by atoms with Gasteiger partial charge in [0.2, 0.25) is 0 Å². The number of hydrogen-bond donors (Lipinski definition) is 0. The summed E-state index contributed by atoms with van der Waals surface area (Å²) in [5.74, 6) is 0.317. The Bertz CT molecular complexity index is 406. The lowest BCUT2D eigenvalue weighted by Crippen LogP contribution is -2.49. The van der Waals surface area contributed by atoms with Crippen molar-refractivity contribution in [2.45, 2.75) is 19.4 Å². The molecule has 0 bridgehead atoms. The maximum Gasteiger partial charge on any atom is 0.146 e. The Morgan fingerprint density at radius 2 is 2.13 bits per heavy atom. The molecule has 0 spiro atoms. The average Bonchev–Trinajstić information content (AvgIpc) is 2.11. The van der Waals surface area contributed by atoms with Crippen LogP contribution < -0.4 is 9.64 Å². The average molecular weight is 274 g/mol. The van der Waals surface area contributed by atoms with Gasteiger partial charge in [-0.3, -0.25) is 0 Å². The Balaban J connectivity index is 2.57. The molecule has 0 N–H and O–H groups in total. The van der Waals surface area contributed by atoms with E-state index in [1.165, 1.54) is 12.1 Å². The van der Waals surface area contributed by atoms with Crippen LogP contribution in [0.2, 0.25) is 0 Å². The molecule has 0 unspecified atom stereocenters. The summed E-state index contributed by atoms with van der Waals surface area (Å²) in [5, 5.41) is 0. The zero-order valence-electron chi connectivity index (χ0n) is 8.97. The molecule has 0 atom stereocenters. The van der Waals surface area contributed by atoms with Crippen molar-refractivity contribution in [3.8, 4) is 5.75 Å². The van der Waals surface area contributed by atoms with Crippen LogP contribution in [-0.2, 0) is 0 Å². The van der Waals surface area contributed by atoms with Crippen molar-refractivity contribution in [2.24, 2.45) is 0 Å². The summed E-state index contributed by atoms with van der Waals surface area (Å²) in [6.45, 7) is 4.74. The molecule has 4 heteroatoms. The van der Waals surface area contributed by atoms with Crippen molar-refractivity contribution < 1.29 is 9.13 Å². The molecule has 1 aliphatic rings. The zero-order valence-corrected chi connectivity index (χ0v) is 10.6. The molecule has 2 nitrogen and oxygen atoms in total. The Morgan fingerprint density at radius 1 is 1.47 bits per heavy atom. The highest BCUT2D eigenvalue weighted by Gasteiger charge is 2.33. The Kier molecular flexibility index (Phi) is 2.41. The van der Waals surface area contributed by atoms with Crippen LogP contribution in [0, 0.1) is 5.82 Å². The van der Waals surface area contributed by atoms with Crippen LogP contribution in [0.1, 0.15) is 13.8 Å². The molecular weight excluding hydrogens is 261 g/mol. The smallest absolute Gasteiger partial charge is 0.146 e. The van der Waals surface area contributed by atoms with Gasteiger partial charge in [0.15, 0.2) is 0 Å². The van der Waals surface area contributed by atoms with Crippen LogP contribution in [0.4, 0.5) is 10.1 Å². The second-order valence-electron chi connectivity index (χ2n) is 4.39. The van der Waals surface area contributed by atoms with Crippen LogP contribution >= 0.6 is 15.9 Å². The summed E-state index contributed by atoms with van der Waals surface area (Å²) in [7, 11) is 1.99. The lowest BCUT2D eigenvalue weighted by atomic mass is 10.0. The van der Waals surface area contributed by atoms with Gasteiger partial charge in [-0.1, -0.05) is 0 Å². The van der Waals surface area contributed by atoms with E-state index in [4.69, 9.17) is 4.74 Å². The summed E-state index contributed by atoms with van der Waals surface area (Å²) >= 11 is 3.36. The Labute approximate surface area is 97.2 Å². The number of halogens is 2. The maximum atomic E-state index is 13.1. The van der Waals surface area contributed by atoms with Gasteiger partial charge in [0, 0.05) is 17.6 Å². The lowest BCUT2D eigenvalue weighted by Gasteiger charge is -2.42. The third-order valence-corrected chi connectivity index (χ3v) is 3.42. The molecule has 1 aliphatic heterocycles. The quantitative estimate of drug-likeness (QED) is 0.720. The van der Waals surface area contributed by atoms with Crippen molar-refractivity contribution in [2.75, 3.05) is 18.6 Å². The third-order valence-electron chi connectivity index (χ3n) is 2.82. The van der Waals surface area contributed by atoms with Gasteiger partial charge >= 0.3 is 0 Å². The van der Waals surface area contributed by atoms with Crippen LogP contribution in [0.5, 0.6) is 5.75 Å². The van der Waals surface area contributed by atoms with E-state index in [-0.39, 0.29) is 11.4 Å². The third kappa shape index (κ3) is 1.71. The monoisotopic (exact) mass is 273 g/mol. The first kappa shape index (κ1) is 10.7. The number of rotatable bonds is 0. The fourth-order valence-corrected chi connectivity index (χ4v) is 2.31. The van der Waals surface area contributed by atoms with E-state index in [1.807, 2.05) is 7.05 Å². The molecule has 82 valence electrons. The van der Waals surface area contributed by atoms with Gasteiger partial charge < -0.3 is 9.64 Å². The molecule has 0 amide bonds. The zero-order chi connectivity index (χ0) is 11.2. The summed E-state index contributed by atoms with van der Waals surface area (Å²) in [4.78, 5) is 2.11. The number of hydrogen-bond acceptors (Lipinski definition) is 2. The highest BCUT2D eigenvalue weighted by molar-refractivity contribution is 9.10. The first-order valence-electron chi connectivity index (χ1n) is 4.77. The van der Waals surface area contributed by atoms with Crippen LogP contribution in [0.25, 0.3) is 0 Å². The minimum Gasteiger partial charge on any atom is -0.489 e. The topological polar surface area (TPSA) is 12.5 Å². The first-order chi connectivity index (χ1) is 6.92.